The first-order chi connectivity index (χ1) is 6.42. The zero-order valence-corrected chi connectivity index (χ0v) is 12.8. The maximum absolute atomic E-state index is 11.5. The fourth-order valence-corrected chi connectivity index (χ4v) is 2.86. The van der Waals surface area contributed by atoms with Crippen molar-refractivity contribution in [2.45, 2.75) is 7.02 Å². The van der Waals surface area contributed by atoms with E-state index in [1.54, 1.807) is 24.3 Å². The Labute approximate surface area is 116 Å². The molecule has 0 saturated heterocycles. The van der Waals surface area contributed by atoms with Crippen molar-refractivity contribution in [3.05, 3.63) is 34.9 Å². The highest BCUT2D eigenvalue weighted by atomic mass is 127. The van der Waals surface area contributed by atoms with E-state index in [0.29, 0.717) is 5.02 Å². The Bertz CT molecular complexity index is 400. The maximum atomic E-state index is 11.5. The zero-order valence-electron chi connectivity index (χ0n) is 6.95. The van der Waals surface area contributed by atoms with Crippen LogP contribution in [0.15, 0.2) is 24.3 Å². The third-order valence-electron chi connectivity index (χ3n) is 1.55. The predicted octanol–water partition coefficient (Wildman–Crippen LogP) is 3.41. The topological polar surface area (TPSA) is 34.1 Å². The molecule has 0 amide bonds. The van der Waals surface area contributed by atoms with Crippen LogP contribution < -0.4 is 0 Å². The minimum Gasteiger partial charge on any atom is -0.227 e. The van der Waals surface area contributed by atoms with E-state index in [2.05, 4.69) is 0 Å². The van der Waals surface area contributed by atoms with Crippen LogP contribution in [0.2, 0.25) is 5.02 Å². The molecular formula is C8H7ClI2O2S. The van der Waals surface area contributed by atoms with Gasteiger partial charge in [-0.2, -0.15) is 0 Å². The Morgan fingerprint density at radius 2 is 1.71 bits per heavy atom. The Balaban J connectivity index is 2.85. The van der Waals surface area contributed by atoms with Gasteiger partial charge in [0.15, 0.2) is 11.1 Å². The fraction of sp³-hybridized carbons (Fsp3) is 0.250. The van der Waals surface area contributed by atoms with E-state index in [9.17, 15) is 8.42 Å². The Morgan fingerprint density at radius 3 is 2.14 bits per heavy atom. The molecule has 0 aliphatic rings. The van der Waals surface area contributed by atoms with E-state index in [-0.39, 0.29) is 5.75 Å². The van der Waals surface area contributed by atoms with Crippen LogP contribution in [-0.2, 0) is 15.6 Å². The molecule has 1 aromatic carbocycles. The summed E-state index contributed by atoms with van der Waals surface area (Å²) in [5.74, 6) is 0.0702. The molecule has 0 fully saturated rings. The summed E-state index contributed by atoms with van der Waals surface area (Å²) in [5, 5.41) is 0.617. The molecule has 2 nitrogen and oxygen atoms in total. The average molecular weight is 456 g/mol. The standard InChI is InChI=1S/C8H7ClI2O2S/c9-7-3-1-6(2-4-7)5-14(12,13)8(10)11/h1-4,8H,5H2. The van der Waals surface area contributed by atoms with Crippen molar-refractivity contribution in [1.82, 2.24) is 0 Å². The summed E-state index contributed by atoms with van der Waals surface area (Å²) in [4.78, 5) is 0. The van der Waals surface area contributed by atoms with Crippen LogP contribution in [0.1, 0.15) is 5.56 Å². The van der Waals surface area contributed by atoms with Crippen molar-refractivity contribution < 1.29 is 8.42 Å². The number of rotatable bonds is 3. The van der Waals surface area contributed by atoms with Gasteiger partial charge in [0.1, 0.15) is 0 Å². The van der Waals surface area contributed by atoms with Gasteiger partial charge in [0.05, 0.1) is 5.75 Å². The van der Waals surface area contributed by atoms with Crippen LogP contribution in [-0.4, -0.2) is 9.68 Å². The molecule has 0 unspecified atom stereocenters. The normalized spacial score (nSPS) is 12.0. The number of benzene rings is 1. The number of alkyl halides is 2. The summed E-state index contributed by atoms with van der Waals surface area (Å²) >= 11 is 9.48. The first-order valence-electron chi connectivity index (χ1n) is 3.66. The minimum absolute atomic E-state index is 0.0702. The third-order valence-corrected chi connectivity index (χ3v) is 7.73. The second-order valence-electron chi connectivity index (χ2n) is 2.69. The highest BCUT2D eigenvalue weighted by Crippen LogP contribution is 2.22. The summed E-state index contributed by atoms with van der Waals surface area (Å²) in [5.41, 5.74) is 0.771. The maximum Gasteiger partial charge on any atom is 0.175 e. The first kappa shape index (κ1) is 13.0. The summed E-state index contributed by atoms with van der Waals surface area (Å²) in [7, 11) is -3.03. The van der Waals surface area contributed by atoms with Crippen LogP contribution >= 0.6 is 56.8 Å². The van der Waals surface area contributed by atoms with E-state index < -0.39 is 11.1 Å². The largest absolute Gasteiger partial charge is 0.227 e. The molecule has 0 saturated carbocycles. The van der Waals surface area contributed by atoms with Crippen molar-refractivity contribution >= 4 is 66.6 Å². The Hall–Kier alpha value is 0.920. The smallest absolute Gasteiger partial charge is 0.175 e. The number of hydrogen-bond acceptors (Lipinski definition) is 2. The lowest BCUT2D eigenvalue weighted by Gasteiger charge is -2.04. The minimum atomic E-state index is -3.03. The van der Waals surface area contributed by atoms with Gasteiger partial charge < -0.3 is 0 Å². The molecule has 14 heavy (non-hydrogen) atoms. The lowest BCUT2D eigenvalue weighted by atomic mass is 10.2. The molecular weight excluding hydrogens is 449 g/mol. The van der Waals surface area contributed by atoms with Gasteiger partial charge in [-0.1, -0.05) is 68.9 Å². The van der Waals surface area contributed by atoms with Crippen molar-refractivity contribution in [2.75, 3.05) is 0 Å². The van der Waals surface area contributed by atoms with Gasteiger partial charge in [-0.25, -0.2) is 8.42 Å². The van der Waals surface area contributed by atoms with Gasteiger partial charge in [0, 0.05) is 5.02 Å². The van der Waals surface area contributed by atoms with Gasteiger partial charge in [-0.15, -0.1) is 0 Å². The molecule has 0 heterocycles. The van der Waals surface area contributed by atoms with Crippen LogP contribution in [0, 0.1) is 0 Å². The molecule has 0 radical (unpaired) electrons. The predicted molar refractivity (Wildman–Crippen MR) is 75.9 cm³/mol. The summed E-state index contributed by atoms with van der Waals surface area (Å²) < 4.78 is 22.7. The molecule has 6 heteroatoms. The van der Waals surface area contributed by atoms with Crippen molar-refractivity contribution in [1.29, 1.82) is 0 Å². The van der Waals surface area contributed by atoms with Crippen LogP contribution in [0.4, 0.5) is 0 Å². The molecule has 0 atom stereocenters. The average Bonchev–Trinajstić information content (AvgIpc) is 2.08. The van der Waals surface area contributed by atoms with E-state index in [1.165, 1.54) is 0 Å². The highest BCUT2D eigenvalue weighted by Gasteiger charge is 2.19. The quantitative estimate of drug-likeness (QED) is 0.516. The zero-order chi connectivity index (χ0) is 10.8. The molecule has 1 aromatic rings. The van der Waals surface area contributed by atoms with Gasteiger partial charge in [-0.3, -0.25) is 0 Å². The molecule has 78 valence electrons. The van der Waals surface area contributed by atoms with Crippen LogP contribution in [0.25, 0.3) is 0 Å². The number of hydrogen-bond donors (Lipinski definition) is 0. The highest BCUT2D eigenvalue weighted by molar-refractivity contribution is 14.2. The molecule has 0 aliphatic heterocycles. The molecule has 0 bridgehead atoms. The van der Waals surface area contributed by atoms with Crippen LogP contribution in [0.5, 0.6) is 0 Å². The first-order valence-corrected chi connectivity index (χ1v) is 8.24. The van der Waals surface area contributed by atoms with Crippen molar-refractivity contribution in [3.8, 4) is 0 Å². The van der Waals surface area contributed by atoms with Gasteiger partial charge in [0.2, 0.25) is 0 Å². The van der Waals surface area contributed by atoms with E-state index >= 15 is 0 Å². The Morgan fingerprint density at radius 1 is 1.21 bits per heavy atom. The van der Waals surface area contributed by atoms with Crippen molar-refractivity contribution in [2.24, 2.45) is 0 Å². The molecule has 0 aliphatic carbocycles. The van der Waals surface area contributed by atoms with Gasteiger partial charge >= 0.3 is 0 Å². The van der Waals surface area contributed by atoms with Crippen molar-refractivity contribution in [3.63, 3.8) is 0 Å². The van der Waals surface area contributed by atoms with E-state index in [4.69, 9.17) is 11.6 Å². The number of sulfone groups is 1. The Kier molecular flexibility index (Phi) is 4.93. The van der Waals surface area contributed by atoms with E-state index in [1.807, 2.05) is 45.2 Å². The molecule has 0 aromatic heterocycles. The third kappa shape index (κ3) is 3.82. The second-order valence-corrected chi connectivity index (χ2v) is 11.8. The summed E-state index contributed by atoms with van der Waals surface area (Å²) in [6, 6.07) is 6.86. The summed E-state index contributed by atoms with van der Waals surface area (Å²) in [6.07, 6.45) is 0. The number of halogens is 3. The second kappa shape index (κ2) is 5.31. The van der Waals surface area contributed by atoms with Gasteiger partial charge in [-0.05, 0) is 17.7 Å². The SMILES string of the molecule is O=S(=O)(Cc1ccc(Cl)cc1)C(I)I. The monoisotopic (exact) mass is 456 g/mol. The molecule has 0 spiro atoms. The van der Waals surface area contributed by atoms with Crippen LogP contribution in [0.3, 0.4) is 0 Å². The molecule has 0 N–H and O–H groups in total. The fourth-order valence-electron chi connectivity index (χ4n) is 0.876. The lowest BCUT2D eigenvalue weighted by molar-refractivity contribution is 0.600. The van der Waals surface area contributed by atoms with Gasteiger partial charge in [0.25, 0.3) is 0 Å². The lowest BCUT2D eigenvalue weighted by Crippen LogP contribution is -2.10. The summed E-state index contributed by atoms with van der Waals surface area (Å²) in [6.45, 7) is 0. The van der Waals surface area contributed by atoms with E-state index in [0.717, 1.165) is 5.56 Å². The molecule has 1 rings (SSSR count).